The van der Waals surface area contributed by atoms with Crippen molar-refractivity contribution in [3.63, 3.8) is 0 Å². The molecule has 1 aliphatic carbocycles. The average Bonchev–Trinajstić information content (AvgIpc) is 3.31. The molecule has 220 valence electrons. The van der Waals surface area contributed by atoms with Gasteiger partial charge in [0.05, 0.1) is 20.3 Å². The number of fused-ring (bicyclic) bond motifs is 2. The Hall–Kier alpha value is -3.95. The highest BCUT2D eigenvalue weighted by atomic mass is 35.5. The number of hydrogen-bond acceptors (Lipinski definition) is 7. The van der Waals surface area contributed by atoms with Crippen molar-refractivity contribution >= 4 is 23.6 Å². The van der Waals surface area contributed by atoms with Crippen LogP contribution in [0.4, 0.5) is 4.79 Å². The first-order valence-corrected chi connectivity index (χ1v) is 14.5. The summed E-state index contributed by atoms with van der Waals surface area (Å²) >= 11 is 6.49. The summed E-state index contributed by atoms with van der Waals surface area (Å²) in [6.45, 7) is 4.88. The number of rotatable bonds is 6. The van der Waals surface area contributed by atoms with Crippen molar-refractivity contribution < 1.29 is 28.5 Å². The molecule has 0 spiro atoms. The lowest BCUT2D eigenvalue weighted by atomic mass is 9.73. The molecule has 0 radical (unpaired) electrons. The third-order valence-electron chi connectivity index (χ3n) is 8.42. The van der Waals surface area contributed by atoms with E-state index in [1.54, 1.807) is 41.2 Å². The molecule has 1 fully saturated rings. The zero-order chi connectivity index (χ0) is 29.3. The summed E-state index contributed by atoms with van der Waals surface area (Å²) in [4.78, 5) is 29.7. The molecule has 4 aliphatic rings. The fourth-order valence-corrected chi connectivity index (χ4v) is 6.45. The number of nitrogens with zero attached hydrogens (tertiary/aromatic N) is 2. The van der Waals surface area contributed by atoms with Gasteiger partial charge in [-0.2, -0.15) is 0 Å². The van der Waals surface area contributed by atoms with Gasteiger partial charge in [-0.15, -0.1) is 0 Å². The molecule has 9 nitrogen and oxygen atoms in total. The molecule has 2 unspecified atom stereocenters. The molecular formula is C32H34ClN3O6. The minimum Gasteiger partial charge on any atom is -0.497 e. The van der Waals surface area contributed by atoms with E-state index in [2.05, 4.69) is 12.2 Å². The molecule has 1 N–H and O–H groups in total. The Balaban J connectivity index is 1.25. The van der Waals surface area contributed by atoms with Crippen molar-refractivity contribution in [1.82, 2.24) is 15.1 Å². The van der Waals surface area contributed by atoms with E-state index in [0.29, 0.717) is 62.9 Å². The van der Waals surface area contributed by atoms with Gasteiger partial charge in [0.15, 0.2) is 6.61 Å². The number of carbonyl (C=O) groups is 2. The van der Waals surface area contributed by atoms with Gasteiger partial charge >= 0.3 is 6.09 Å². The van der Waals surface area contributed by atoms with Crippen LogP contribution in [-0.4, -0.2) is 68.4 Å². The highest BCUT2D eigenvalue weighted by molar-refractivity contribution is 6.29. The number of halogens is 1. The molecule has 0 aromatic heterocycles. The fourth-order valence-electron chi connectivity index (χ4n) is 6.12. The predicted octanol–water partition coefficient (Wildman–Crippen LogP) is 5.15. The summed E-state index contributed by atoms with van der Waals surface area (Å²) in [5.74, 6) is 1.63. The lowest BCUT2D eigenvalue weighted by molar-refractivity contribution is -0.137. The smallest absolute Gasteiger partial charge is 0.416 e. The van der Waals surface area contributed by atoms with Crippen LogP contribution >= 0.6 is 11.6 Å². The SMILES string of the molecule is COc1ccc(OC(=O)N2CCC3=C(NC4=CC=C(Cl)CC43C)C2c2ccc(OCC(=O)N3CCOCC3)cc2)cc1. The summed E-state index contributed by atoms with van der Waals surface area (Å²) in [6.07, 6.45) is 4.92. The van der Waals surface area contributed by atoms with E-state index in [1.807, 2.05) is 36.4 Å². The van der Waals surface area contributed by atoms with Gasteiger partial charge in [-0.05, 0) is 79.5 Å². The minimum absolute atomic E-state index is 0.0415. The first-order valence-electron chi connectivity index (χ1n) is 14.1. The molecule has 2 aromatic carbocycles. The Morgan fingerprint density at radius 1 is 1.00 bits per heavy atom. The van der Waals surface area contributed by atoms with Gasteiger partial charge in [0.1, 0.15) is 23.3 Å². The number of carbonyl (C=O) groups excluding carboxylic acids is 2. The van der Waals surface area contributed by atoms with Crippen LogP contribution in [0.2, 0.25) is 0 Å². The maximum absolute atomic E-state index is 13.6. The van der Waals surface area contributed by atoms with Gasteiger partial charge < -0.3 is 29.2 Å². The van der Waals surface area contributed by atoms with Crippen molar-refractivity contribution in [1.29, 1.82) is 0 Å². The number of ether oxygens (including phenoxy) is 4. The number of morpholine rings is 1. The molecule has 10 heteroatoms. The molecule has 0 saturated carbocycles. The first kappa shape index (κ1) is 28.2. The van der Waals surface area contributed by atoms with Crippen molar-refractivity contribution in [2.24, 2.45) is 5.41 Å². The summed E-state index contributed by atoms with van der Waals surface area (Å²) in [5, 5.41) is 4.45. The molecule has 3 aliphatic heterocycles. The highest BCUT2D eigenvalue weighted by Gasteiger charge is 2.48. The number of methoxy groups -OCH3 is 1. The summed E-state index contributed by atoms with van der Waals surface area (Å²) in [7, 11) is 1.59. The van der Waals surface area contributed by atoms with Crippen molar-refractivity contribution in [3.8, 4) is 17.2 Å². The second-order valence-corrected chi connectivity index (χ2v) is 11.4. The second kappa shape index (κ2) is 11.7. The lowest BCUT2D eigenvalue weighted by Gasteiger charge is -2.38. The molecule has 1 saturated heterocycles. The number of hydrogen-bond donors (Lipinski definition) is 1. The summed E-state index contributed by atoms with van der Waals surface area (Å²) in [5.41, 5.74) is 3.94. The maximum Gasteiger partial charge on any atom is 0.416 e. The Morgan fingerprint density at radius 3 is 2.40 bits per heavy atom. The summed E-state index contributed by atoms with van der Waals surface area (Å²) < 4.78 is 22.2. The monoisotopic (exact) mass is 591 g/mol. The van der Waals surface area contributed by atoms with Gasteiger partial charge in [0, 0.05) is 41.5 Å². The van der Waals surface area contributed by atoms with Gasteiger partial charge in [0.2, 0.25) is 0 Å². The largest absolute Gasteiger partial charge is 0.497 e. The quantitative estimate of drug-likeness (QED) is 0.497. The molecule has 42 heavy (non-hydrogen) atoms. The van der Waals surface area contributed by atoms with Crippen LogP contribution in [0.1, 0.15) is 31.4 Å². The highest BCUT2D eigenvalue weighted by Crippen LogP contribution is 2.54. The molecule has 6 rings (SSSR count). The van der Waals surface area contributed by atoms with E-state index < -0.39 is 12.1 Å². The number of nitrogens with one attached hydrogen (secondary N) is 1. The van der Waals surface area contributed by atoms with Crippen molar-refractivity contribution in [3.05, 3.63) is 88.2 Å². The zero-order valence-corrected chi connectivity index (χ0v) is 24.5. The maximum atomic E-state index is 13.6. The topological polar surface area (TPSA) is 89.6 Å². The minimum atomic E-state index is -0.444. The first-order chi connectivity index (χ1) is 20.4. The number of amides is 2. The van der Waals surface area contributed by atoms with E-state index in [4.69, 9.17) is 30.5 Å². The Morgan fingerprint density at radius 2 is 1.69 bits per heavy atom. The molecule has 2 atom stereocenters. The lowest BCUT2D eigenvalue weighted by Crippen LogP contribution is -2.43. The third-order valence-corrected chi connectivity index (χ3v) is 8.68. The predicted molar refractivity (Wildman–Crippen MR) is 157 cm³/mol. The van der Waals surface area contributed by atoms with Crippen molar-refractivity contribution in [2.45, 2.75) is 25.8 Å². The fraction of sp³-hybridized carbons (Fsp3) is 0.375. The Kier molecular flexibility index (Phi) is 7.88. The van der Waals surface area contributed by atoms with Gasteiger partial charge in [-0.1, -0.05) is 23.7 Å². The van der Waals surface area contributed by atoms with Gasteiger partial charge in [0.25, 0.3) is 5.91 Å². The van der Waals surface area contributed by atoms with E-state index in [1.165, 1.54) is 5.57 Å². The van der Waals surface area contributed by atoms with Crippen molar-refractivity contribution in [2.75, 3.05) is 46.6 Å². The van der Waals surface area contributed by atoms with Crippen LogP contribution in [0.25, 0.3) is 0 Å². The summed E-state index contributed by atoms with van der Waals surface area (Å²) in [6, 6.07) is 14.1. The van der Waals surface area contributed by atoms with E-state index in [9.17, 15) is 9.59 Å². The normalized spacial score (nSPS) is 23.3. The van der Waals surface area contributed by atoms with Crippen LogP contribution in [0.3, 0.4) is 0 Å². The van der Waals surface area contributed by atoms with E-state index in [-0.39, 0.29) is 17.9 Å². The zero-order valence-electron chi connectivity index (χ0n) is 23.7. The molecule has 0 bridgehead atoms. The third kappa shape index (κ3) is 5.46. The van der Waals surface area contributed by atoms with E-state index >= 15 is 0 Å². The molecule has 2 amide bonds. The number of benzene rings is 2. The van der Waals surface area contributed by atoms with Gasteiger partial charge in [-0.25, -0.2) is 4.79 Å². The standard InChI is InChI=1S/C32H34ClN3O6/c1-32-19-22(33)5-12-27(32)34-29-26(32)13-14-36(31(38)42-25-10-8-23(39-2)9-11-25)30(29)21-3-6-24(7-4-21)41-20-28(37)35-15-17-40-18-16-35/h3-12,30,34H,13-20H2,1-2H3. The van der Waals surface area contributed by atoms with Crippen LogP contribution < -0.4 is 19.5 Å². The Bertz CT molecular complexity index is 1450. The Labute approximate surface area is 250 Å². The number of allylic oxidation sites excluding steroid dienone is 4. The van der Waals surface area contributed by atoms with Crippen LogP contribution in [0, 0.1) is 5.41 Å². The molecule has 2 aromatic rings. The van der Waals surface area contributed by atoms with Crippen LogP contribution in [-0.2, 0) is 9.53 Å². The average molecular weight is 592 g/mol. The van der Waals surface area contributed by atoms with Crippen LogP contribution in [0.15, 0.2) is 82.7 Å². The van der Waals surface area contributed by atoms with Gasteiger partial charge in [-0.3, -0.25) is 9.69 Å². The molecule has 3 heterocycles. The second-order valence-electron chi connectivity index (χ2n) is 11.0. The van der Waals surface area contributed by atoms with Crippen LogP contribution in [0.5, 0.6) is 17.2 Å². The van der Waals surface area contributed by atoms with E-state index in [0.717, 1.165) is 22.0 Å². The molecular weight excluding hydrogens is 558 g/mol.